The summed E-state index contributed by atoms with van der Waals surface area (Å²) in [5.41, 5.74) is 1.57. The van der Waals surface area contributed by atoms with E-state index in [4.69, 9.17) is 0 Å². The molecule has 0 saturated heterocycles. The largest absolute Gasteiger partial charge is 0.326 e. The van der Waals surface area contributed by atoms with Gasteiger partial charge in [-0.05, 0) is 24.3 Å². The van der Waals surface area contributed by atoms with Crippen molar-refractivity contribution in [3.8, 4) is 0 Å². The number of anilines is 2. The Hall–Kier alpha value is -2.70. The molecule has 1 heterocycles. The second-order valence-corrected chi connectivity index (χ2v) is 4.68. The number of nitrogens with one attached hydrogen (secondary N) is 2. The Morgan fingerprint density at radius 3 is 2.19 bits per heavy atom. The fourth-order valence-electron chi connectivity index (χ4n) is 1.88. The predicted molar refractivity (Wildman–Crippen MR) is 78.8 cm³/mol. The third kappa shape index (κ3) is 3.88. The maximum Gasteiger partial charge on any atom is 0.271 e. The Morgan fingerprint density at radius 1 is 1.10 bits per heavy atom. The highest BCUT2D eigenvalue weighted by Gasteiger charge is 2.21. The third-order valence-corrected chi connectivity index (χ3v) is 2.93. The van der Waals surface area contributed by atoms with Gasteiger partial charge in [0.25, 0.3) is 5.91 Å². The van der Waals surface area contributed by atoms with Crippen molar-refractivity contribution in [3.63, 3.8) is 0 Å². The van der Waals surface area contributed by atoms with Crippen LogP contribution < -0.4 is 10.6 Å². The maximum absolute atomic E-state index is 12.0. The van der Waals surface area contributed by atoms with Crippen LogP contribution in [0.25, 0.3) is 0 Å². The van der Waals surface area contributed by atoms with Gasteiger partial charge in [-0.3, -0.25) is 14.4 Å². The fourth-order valence-corrected chi connectivity index (χ4v) is 1.88. The zero-order chi connectivity index (χ0) is 15.4. The van der Waals surface area contributed by atoms with Gasteiger partial charge in [0.2, 0.25) is 11.8 Å². The van der Waals surface area contributed by atoms with Crippen LogP contribution in [0.5, 0.6) is 0 Å². The van der Waals surface area contributed by atoms with E-state index in [1.807, 2.05) is 0 Å². The molecule has 0 atom stereocenters. The van der Waals surface area contributed by atoms with Gasteiger partial charge in [0, 0.05) is 38.2 Å². The summed E-state index contributed by atoms with van der Waals surface area (Å²) in [4.78, 5) is 34.2. The molecule has 1 aliphatic rings. The summed E-state index contributed by atoms with van der Waals surface area (Å²) in [5.74, 6) is -0.594. The minimum atomic E-state index is -0.332. The van der Waals surface area contributed by atoms with Gasteiger partial charge in [-0.25, -0.2) is 5.01 Å². The van der Waals surface area contributed by atoms with Crippen LogP contribution in [-0.4, -0.2) is 35.5 Å². The van der Waals surface area contributed by atoms with E-state index in [9.17, 15) is 14.4 Å². The number of carbonyl (C=O) groups excluding carboxylic acids is 3. The normalized spacial score (nSPS) is 14.5. The first kappa shape index (κ1) is 14.7. The Labute approximate surface area is 122 Å². The van der Waals surface area contributed by atoms with E-state index in [1.54, 1.807) is 24.3 Å². The first-order valence-corrected chi connectivity index (χ1v) is 6.49. The van der Waals surface area contributed by atoms with Crippen molar-refractivity contribution >= 4 is 34.8 Å². The Balaban J connectivity index is 2.01. The van der Waals surface area contributed by atoms with Crippen LogP contribution in [0.4, 0.5) is 11.4 Å². The fraction of sp³-hybridized carbons (Fsp3) is 0.286. The Morgan fingerprint density at radius 2 is 1.67 bits per heavy atom. The van der Waals surface area contributed by atoms with Crippen molar-refractivity contribution < 1.29 is 14.4 Å². The van der Waals surface area contributed by atoms with Crippen LogP contribution in [0, 0.1) is 0 Å². The van der Waals surface area contributed by atoms with Crippen LogP contribution in [0.1, 0.15) is 19.8 Å². The third-order valence-electron chi connectivity index (χ3n) is 2.93. The minimum absolute atomic E-state index is 0.105. The first-order chi connectivity index (χ1) is 9.95. The van der Waals surface area contributed by atoms with E-state index < -0.39 is 0 Å². The molecule has 0 bridgehead atoms. The number of hydrogen-bond donors (Lipinski definition) is 2. The summed E-state index contributed by atoms with van der Waals surface area (Å²) in [6.07, 6.45) is 0.614. The smallest absolute Gasteiger partial charge is 0.271 e. The number of hydrogen-bond acceptors (Lipinski definition) is 4. The summed E-state index contributed by atoms with van der Waals surface area (Å²) in [6, 6.07) is 6.74. The molecule has 0 spiro atoms. The van der Waals surface area contributed by atoms with Gasteiger partial charge in [-0.1, -0.05) is 0 Å². The molecule has 7 nitrogen and oxygen atoms in total. The number of nitrogens with zero attached hydrogens (tertiary/aromatic N) is 2. The second-order valence-electron chi connectivity index (χ2n) is 4.68. The van der Waals surface area contributed by atoms with E-state index in [1.165, 1.54) is 19.0 Å². The van der Waals surface area contributed by atoms with Crippen molar-refractivity contribution in [2.24, 2.45) is 5.10 Å². The van der Waals surface area contributed by atoms with Crippen LogP contribution in [0.15, 0.2) is 29.4 Å². The van der Waals surface area contributed by atoms with Crippen LogP contribution >= 0.6 is 0 Å². The highest BCUT2D eigenvalue weighted by molar-refractivity contribution is 6.43. The quantitative estimate of drug-likeness (QED) is 0.875. The van der Waals surface area contributed by atoms with Gasteiger partial charge < -0.3 is 10.6 Å². The molecule has 2 rings (SSSR count). The molecule has 0 aromatic heterocycles. The lowest BCUT2D eigenvalue weighted by Crippen LogP contribution is -2.34. The van der Waals surface area contributed by atoms with E-state index >= 15 is 0 Å². The minimum Gasteiger partial charge on any atom is -0.326 e. The predicted octanol–water partition coefficient (Wildman–Crippen LogP) is 1.19. The summed E-state index contributed by atoms with van der Waals surface area (Å²) < 4.78 is 0. The summed E-state index contributed by atoms with van der Waals surface area (Å²) in [7, 11) is 1.52. The number of rotatable bonds is 3. The van der Waals surface area contributed by atoms with Crippen LogP contribution in [-0.2, 0) is 14.4 Å². The lowest BCUT2D eigenvalue weighted by atomic mass is 10.1. The second kappa shape index (κ2) is 6.17. The molecule has 1 aliphatic heterocycles. The van der Waals surface area contributed by atoms with E-state index in [0.717, 1.165) is 0 Å². The van der Waals surface area contributed by atoms with Gasteiger partial charge in [0.1, 0.15) is 5.71 Å². The molecule has 1 aromatic rings. The summed E-state index contributed by atoms with van der Waals surface area (Å²) in [5, 5.41) is 10.5. The van der Waals surface area contributed by atoms with Crippen molar-refractivity contribution in [2.75, 3.05) is 17.7 Å². The highest BCUT2D eigenvalue weighted by Crippen LogP contribution is 2.15. The number of amides is 3. The van der Waals surface area contributed by atoms with Crippen molar-refractivity contribution in [1.82, 2.24) is 5.01 Å². The van der Waals surface area contributed by atoms with Crippen molar-refractivity contribution in [1.29, 1.82) is 0 Å². The van der Waals surface area contributed by atoms with E-state index in [2.05, 4.69) is 15.7 Å². The number of hydrazone groups is 1. The highest BCUT2D eigenvalue weighted by atomic mass is 16.2. The zero-order valence-corrected chi connectivity index (χ0v) is 11.8. The molecule has 0 fully saturated rings. The van der Waals surface area contributed by atoms with Crippen molar-refractivity contribution in [2.45, 2.75) is 19.8 Å². The van der Waals surface area contributed by atoms with Crippen LogP contribution in [0.3, 0.4) is 0 Å². The average Bonchev–Trinajstić information content (AvgIpc) is 2.43. The summed E-state index contributed by atoms with van der Waals surface area (Å²) in [6.45, 7) is 1.43. The molecule has 21 heavy (non-hydrogen) atoms. The summed E-state index contributed by atoms with van der Waals surface area (Å²) >= 11 is 0. The monoisotopic (exact) mass is 288 g/mol. The molecule has 0 aliphatic carbocycles. The van der Waals surface area contributed by atoms with E-state index in [0.29, 0.717) is 23.5 Å². The average molecular weight is 288 g/mol. The van der Waals surface area contributed by atoms with Crippen molar-refractivity contribution in [3.05, 3.63) is 24.3 Å². The molecule has 110 valence electrons. The number of carbonyl (C=O) groups is 3. The first-order valence-electron chi connectivity index (χ1n) is 6.49. The standard InChI is InChI=1S/C14H16N4O3/c1-9(19)15-10-3-5-11(6-4-10)16-14(21)12-7-8-13(20)18(2)17-12/h3-6H,7-8H2,1-2H3,(H,15,19)(H,16,21). The SMILES string of the molecule is CC(=O)Nc1ccc(NC(=O)C2=NN(C)C(=O)CC2)cc1. The topological polar surface area (TPSA) is 90.9 Å². The molecular formula is C14H16N4O3. The van der Waals surface area contributed by atoms with Gasteiger partial charge in [0.05, 0.1) is 0 Å². The van der Waals surface area contributed by atoms with E-state index in [-0.39, 0.29) is 24.1 Å². The van der Waals surface area contributed by atoms with Gasteiger partial charge in [-0.2, -0.15) is 5.10 Å². The molecule has 2 N–H and O–H groups in total. The lowest BCUT2D eigenvalue weighted by molar-refractivity contribution is -0.130. The molecule has 1 aromatic carbocycles. The Kier molecular flexibility index (Phi) is 4.32. The molecule has 3 amide bonds. The van der Waals surface area contributed by atoms with Gasteiger partial charge >= 0.3 is 0 Å². The molecule has 0 saturated carbocycles. The van der Waals surface area contributed by atoms with Crippen LogP contribution in [0.2, 0.25) is 0 Å². The molecule has 0 unspecified atom stereocenters. The van der Waals surface area contributed by atoms with Gasteiger partial charge in [-0.15, -0.1) is 0 Å². The van der Waals surface area contributed by atoms with Gasteiger partial charge in [0.15, 0.2) is 0 Å². The zero-order valence-electron chi connectivity index (χ0n) is 11.8. The molecule has 7 heteroatoms. The number of benzene rings is 1. The lowest BCUT2D eigenvalue weighted by Gasteiger charge is -2.18. The molecular weight excluding hydrogens is 272 g/mol. The Bertz CT molecular complexity index is 607. The molecule has 0 radical (unpaired) electrons. The maximum atomic E-state index is 12.0.